The Kier molecular flexibility index (Phi) is 6.87. The molecular weight excluding hydrogens is 414 g/mol. The third-order valence-corrected chi connectivity index (χ3v) is 5.36. The van der Waals surface area contributed by atoms with E-state index in [9.17, 15) is 14.4 Å². The Morgan fingerprint density at radius 2 is 1.66 bits per heavy atom. The number of carbonyl (C=O) groups excluding carboxylic acids is 1. The van der Waals surface area contributed by atoms with Crippen molar-refractivity contribution in [2.75, 3.05) is 26.6 Å². The molecule has 1 unspecified atom stereocenters. The van der Waals surface area contributed by atoms with Crippen LogP contribution in [0.2, 0.25) is 0 Å². The zero-order valence-electron chi connectivity index (χ0n) is 18.8. The molecular formula is C23H27N3O6. The van der Waals surface area contributed by atoms with Gasteiger partial charge in [-0.25, -0.2) is 4.79 Å². The van der Waals surface area contributed by atoms with Gasteiger partial charge < -0.3 is 19.5 Å². The van der Waals surface area contributed by atoms with Crippen molar-refractivity contribution in [3.63, 3.8) is 0 Å². The summed E-state index contributed by atoms with van der Waals surface area (Å²) in [7, 11) is 4.45. The van der Waals surface area contributed by atoms with Gasteiger partial charge in [-0.1, -0.05) is 19.1 Å². The van der Waals surface area contributed by atoms with E-state index >= 15 is 0 Å². The van der Waals surface area contributed by atoms with Gasteiger partial charge in [-0.15, -0.1) is 0 Å². The first kappa shape index (κ1) is 22.9. The second-order valence-corrected chi connectivity index (χ2v) is 7.28. The van der Waals surface area contributed by atoms with Crippen molar-refractivity contribution in [3.05, 3.63) is 57.2 Å². The first-order chi connectivity index (χ1) is 15.4. The van der Waals surface area contributed by atoms with E-state index in [2.05, 4.69) is 5.32 Å². The van der Waals surface area contributed by atoms with Gasteiger partial charge in [0.2, 0.25) is 11.7 Å². The van der Waals surface area contributed by atoms with Crippen molar-refractivity contribution in [1.29, 1.82) is 0 Å². The molecule has 170 valence electrons. The van der Waals surface area contributed by atoms with E-state index < -0.39 is 11.6 Å². The molecule has 1 heterocycles. The van der Waals surface area contributed by atoms with Crippen molar-refractivity contribution in [1.82, 2.24) is 9.13 Å². The highest BCUT2D eigenvalue weighted by molar-refractivity contribution is 5.92. The summed E-state index contributed by atoms with van der Waals surface area (Å²) in [5.41, 5.74) is -0.0662. The number of methoxy groups -OCH3 is 3. The smallest absolute Gasteiger partial charge is 0.332 e. The minimum atomic E-state index is -0.525. The normalized spacial score (nSPS) is 11.8. The predicted molar refractivity (Wildman–Crippen MR) is 122 cm³/mol. The summed E-state index contributed by atoms with van der Waals surface area (Å²) in [5.74, 6) is 0.724. The van der Waals surface area contributed by atoms with Crippen LogP contribution in [0, 0.1) is 0 Å². The molecule has 1 N–H and O–H groups in total. The van der Waals surface area contributed by atoms with Crippen molar-refractivity contribution in [2.45, 2.75) is 32.9 Å². The van der Waals surface area contributed by atoms with Crippen molar-refractivity contribution < 1.29 is 19.0 Å². The molecule has 0 radical (unpaired) electrons. The molecule has 0 fully saturated rings. The molecule has 0 aliphatic rings. The lowest BCUT2D eigenvalue weighted by atomic mass is 10.2. The maximum atomic E-state index is 13.2. The summed E-state index contributed by atoms with van der Waals surface area (Å²) in [4.78, 5) is 39.0. The van der Waals surface area contributed by atoms with Gasteiger partial charge in [0.05, 0.1) is 32.2 Å². The molecule has 32 heavy (non-hydrogen) atoms. The van der Waals surface area contributed by atoms with Crippen LogP contribution in [0.25, 0.3) is 10.9 Å². The van der Waals surface area contributed by atoms with E-state index in [1.807, 2.05) is 6.92 Å². The zero-order chi connectivity index (χ0) is 23.4. The number of aromatic nitrogens is 2. The average Bonchev–Trinajstić information content (AvgIpc) is 2.80. The second kappa shape index (κ2) is 9.59. The molecule has 9 heteroatoms. The van der Waals surface area contributed by atoms with Crippen molar-refractivity contribution in [3.8, 4) is 17.2 Å². The highest BCUT2D eigenvalue weighted by atomic mass is 16.5. The molecule has 0 saturated carbocycles. The second-order valence-electron chi connectivity index (χ2n) is 7.28. The lowest BCUT2D eigenvalue weighted by Crippen LogP contribution is -2.43. The molecule has 0 bridgehead atoms. The Morgan fingerprint density at radius 1 is 1.03 bits per heavy atom. The monoisotopic (exact) mass is 441 g/mol. The third-order valence-electron chi connectivity index (χ3n) is 5.36. The number of hydrogen-bond acceptors (Lipinski definition) is 6. The highest BCUT2D eigenvalue weighted by Gasteiger charge is 2.19. The first-order valence-corrected chi connectivity index (χ1v) is 10.2. The number of para-hydroxylation sites is 1. The standard InChI is InChI=1S/C23H27N3O6/c1-6-14(2)26-22(28)16-9-7-8-10-17(16)25(23(26)29)13-20(27)24-15-11-18(30-3)21(32-5)19(12-15)31-4/h7-12,14H,6,13H2,1-5H3,(H,24,27). The van der Waals surface area contributed by atoms with Crippen LogP contribution in [0.5, 0.6) is 17.2 Å². The summed E-state index contributed by atoms with van der Waals surface area (Å²) in [6.07, 6.45) is 0.602. The van der Waals surface area contributed by atoms with E-state index in [1.165, 1.54) is 30.5 Å². The molecule has 0 saturated heterocycles. The lowest BCUT2D eigenvalue weighted by Gasteiger charge is -2.18. The van der Waals surface area contributed by atoms with Gasteiger partial charge in [-0.05, 0) is 25.5 Å². The molecule has 1 atom stereocenters. The van der Waals surface area contributed by atoms with Gasteiger partial charge in [-0.3, -0.25) is 18.7 Å². The van der Waals surface area contributed by atoms with E-state index in [4.69, 9.17) is 14.2 Å². The Bertz CT molecular complexity index is 1240. The molecule has 2 aromatic carbocycles. The van der Waals surface area contributed by atoms with Crippen LogP contribution >= 0.6 is 0 Å². The molecule has 0 aliphatic carbocycles. The van der Waals surface area contributed by atoms with Crippen LogP contribution in [-0.4, -0.2) is 36.4 Å². The number of nitrogens with zero attached hydrogens (tertiary/aromatic N) is 2. The number of hydrogen-bond donors (Lipinski definition) is 1. The fraction of sp³-hybridized carbons (Fsp3) is 0.348. The van der Waals surface area contributed by atoms with Crippen LogP contribution in [0.15, 0.2) is 46.0 Å². The summed E-state index contributed by atoms with van der Waals surface area (Å²) in [6, 6.07) is 9.66. The quantitative estimate of drug-likeness (QED) is 0.577. The maximum Gasteiger partial charge on any atom is 0.332 e. The Balaban J connectivity index is 2.03. The number of fused-ring (bicyclic) bond motifs is 1. The minimum Gasteiger partial charge on any atom is -0.493 e. The number of ether oxygens (including phenoxy) is 3. The first-order valence-electron chi connectivity index (χ1n) is 10.2. The van der Waals surface area contributed by atoms with Crippen molar-refractivity contribution >= 4 is 22.5 Å². The minimum absolute atomic E-state index is 0.271. The number of benzene rings is 2. The summed E-state index contributed by atoms with van der Waals surface area (Å²) in [6.45, 7) is 3.43. The van der Waals surface area contributed by atoms with Gasteiger partial charge in [-0.2, -0.15) is 0 Å². The van der Waals surface area contributed by atoms with Crippen molar-refractivity contribution in [2.24, 2.45) is 0 Å². The van der Waals surface area contributed by atoms with E-state index in [0.29, 0.717) is 40.3 Å². The van der Waals surface area contributed by atoms with Crippen LogP contribution in [0.4, 0.5) is 5.69 Å². The Morgan fingerprint density at radius 3 is 2.22 bits per heavy atom. The predicted octanol–water partition coefficient (Wildman–Crippen LogP) is 2.80. The molecule has 1 amide bonds. The molecule has 0 aliphatic heterocycles. The van der Waals surface area contributed by atoms with Crippen LogP contribution in [0.3, 0.4) is 0 Å². The van der Waals surface area contributed by atoms with Gasteiger partial charge in [0.1, 0.15) is 6.54 Å². The molecule has 1 aromatic heterocycles. The summed E-state index contributed by atoms with van der Waals surface area (Å²) in [5, 5.41) is 3.14. The molecule has 3 rings (SSSR count). The fourth-order valence-corrected chi connectivity index (χ4v) is 3.56. The molecule has 0 spiro atoms. The van der Waals surface area contributed by atoms with Gasteiger partial charge in [0, 0.05) is 23.9 Å². The number of nitrogens with one attached hydrogen (secondary N) is 1. The molecule has 3 aromatic rings. The highest BCUT2D eigenvalue weighted by Crippen LogP contribution is 2.39. The average molecular weight is 441 g/mol. The third kappa shape index (κ3) is 4.18. The number of anilines is 1. The van der Waals surface area contributed by atoms with Crippen LogP contribution in [-0.2, 0) is 11.3 Å². The largest absolute Gasteiger partial charge is 0.493 e. The van der Waals surface area contributed by atoms with Gasteiger partial charge >= 0.3 is 5.69 Å². The summed E-state index contributed by atoms with van der Waals surface area (Å²) < 4.78 is 18.4. The van der Waals surface area contributed by atoms with Crippen LogP contribution in [0.1, 0.15) is 26.3 Å². The topological polar surface area (TPSA) is 101 Å². The number of carbonyl (C=O) groups is 1. The fourth-order valence-electron chi connectivity index (χ4n) is 3.56. The lowest BCUT2D eigenvalue weighted by molar-refractivity contribution is -0.116. The number of amides is 1. The van der Waals surface area contributed by atoms with Gasteiger partial charge in [0.15, 0.2) is 11.5 Å². The summed E-state index contributed by atoms with van der Waals surface area (Å²) >= 11 is 0. The van der Waals surface area contributed by atoms with E-state index in [-0.39, 0.29) is 18.1 Å². The Labute approximate surface area is 185 Å². The van der Waals surface area contributed by atoms with E-state index in [0.717, 1.165) is 0 Å². The SMILES string of the molecule is CCC(C)n1c(=O)c2ccccc2n(CC(=O)Nc2cc(OC)c(OC)c(OC)c2)c1=O. The number of rotatable bonds is 8. The maximum absolute atomic E-state index is 13.2. The molecule has 9 nitrogen and oxygen atoms in total. The van der Waals surface area contributed by atoms with Gasteiger partial charge in [0.25, 0.3) is 5.56 Å². The van der Waals surface area contributed by atoms with E-state index in [1.54, 1.807) is 43.3 Å². The zero-order valence-corrected chi connectivity index (χ0v) is 18.8. The van der Waals surface area contributed by atoms with Crippen LogP contribution < -0.4 is 30.8 Å². The Hall–Kier alpha value is -3.75.